The molecule has 3 nitrogen and oxygen atoms in total. The van der Waals surface area contributed by atoms with Crippen LogP contribution in [0.15, 0.2) is 53.9 Å². The van der Waals surface area contributed by atoms with Gasteiger partial charge >= 0.3 is 61.5 Å². The van der Waals surface area contributed by atoms with Gasteiger partial charge in [-0.25, -0.2) is 0 Å². The van der Waals surface area contributed by atoms with Crippen LogP contribution in [-0.4, -0.2) is 8.42 Å². The molecule has 0 aliphatic heterocycles. The second-order valence-electron chi connectivity index (χ2n) is 3.72. The van der Waals surface area contributed by atoms with Crippen molar-refractivity contribution in [2.45, 2.75) is 6.92 Å². The number of benzene rings is 2. The zero-order valence-electron chi connectivity index (χ0n) is 11.4. The maximum absolute atomic E-state index is 11.6. The van der Waals surface area contributed by atoms with Gasteiger partial charge in [-0.3, -0.25) is 0 Å². The molecule has 5 heteroatoms. The van der Waals surface area contributed by atoms with E-state index in [1.54, 1.807) is 12.1 Å². The van der Waals surface area contributed by atoms with Crippen molar-refractivity contribution in [1.82, 2.24) is 0 Å². The first-order chi connectivity index (χ1) is 8.00. The van der Waals surface area contributed by atoms with Gasteiger partial charge < -0.3 is 5.61 Å². The van der Waals surface area contributed by atoms with Crippen LogP contribution in [0.25, 0.3) is 10.8 Å². The number of allylic oxidation sites excluding steroid dienone is 1. The summed E-state index contributed by atoms with van der Waals surface area (Å²) in [5.41, 5.74) is 0. The van der Waals surface area contributed by atoms with Gasteiger partial charge in [-0.2, -0.15) is 8.42 Å². The second kappa shape index (κ2) is 6.32. The minimum atomic E-state index is -3.74. The van der Waals surface area contributed by atoms with Gasteiger partial charge in [-0.15, -0.1) is 0 Å². The van der Waals surface area contributed by atoms with E-state index in [-0.39, 0.29) is 57.7 Å². The minimum Gasteiger partial charge on any atom is -1.00 e. The zero-order chi connectivity index (χ0) is 12.5. The fraction of sp³-hybridized carbons (Fsp3) is 0.0769. The van der Waals surface area contributed by atoms with Crippen LogP contribution >= 0.6 is 0 Å². The van der Waals surface area contributed by atoms with E-state index in [4.69, 9.17) is 4.18 Å². The molecule has 2 rings (SSSR count). The van der Waals surface area contributed by atoms with Crippen molar-refractivity contribution < 1.29 is 65.4 Å². The van der Waals surface area contributed by atoms with Crippen molar-refractivity contribution in [1.29, 1.82) is 0 Å². The predicted molar refractivity (Wildman–Crippen MR) is 69.4 cm³/mol. The summed E-state index contributed by atoms with van der Waals surface area (Å²) >= 11 is 0. The average Bonchev–Trinajstić information content (AvgIpc) is 2.29. The summed E-state index contributed by atoms with van der Waals surface area (Å²) in [5, 5.41) is 1.70. The molecule has 0 fully saturated rings. The van der Waals surface area contributed by atoms with Gasteiger partial charge in [-0.05, 0) is 18.4 Å². The van der Waals surface area contributed by atoms with Crippen LogP contribution in [0, 0.1) is 0 Å². The van der Waals surface area contributed by atoms with Gasteiger partial charge in [0.05, 0.1) is 4.91 Å². The van der Waals surface area contributed by atoms with Crippen LogP contribution in [-0.2, 0) is 10.1 Å². The van der Waals surface area contributed by atoms with E-state index < -0.39 is 10.1 Å². The first-order valence-electron chi connectivity index (χ1n) is 5.08. The SMILES string of the molecule is C=C(C)S(=O)(=O)Oc1cccc2ccccc12.[H-].[K+]. The van der Waals surface area contributed by atoms with Crippen molar-refractivity contribution in [3.05, 3.63) is 53.9 Å². The Balaban J connectivity index is 0.00000162. The van der Waals surface area contributed by atoms with Gasteiger partial charge in [0.25, 0.3) is 0 Å². The minimum absolute atomic E-state index is 0. The van der Waals surface area contributed by atoms with E-state index in [0.29, 0.717) is 5.75 Å². The molecular formula is C13H13KO3S. The summed E-state index contributed by atoms with van der Waals surface area (Å²) in [6.07, 6.45) is 0. The molecule has 0 heterocycles. The molecule has 0 atom stereocenters. The topological polar surface area (TPSA) is 43.4 Å². The molecule has 0 unspecified atom stereocenters. The third-order valence-electron chi connectivity index (χ3n) is 2.38. The monoisotopic (exact) mass is 288 g/mol. The molecule has 0 bridgehead atoms. The van der Waals surface area contributed by atoms with Crippen molar-refractivity contribution in [3.8, 4) is 5.75 Å². The molecule has 0 N–H and O–H groups in total. The standard InChI is InChI=1S/C13H12O3S.K.H/c1-10(2)17(14,15)16-13-9-5-7-11-6-3-4-8-12(11)13;;/h3-9H,1H2,2H3;;/q;+1;-1. The van der Waals surface area contributed by atoms with Crippen molar-refractivity contribution in [3.63, 3.8) is 0 Å². The average molecular weight is 288 g/mol. The number of hydrogen-bond acceptors (Lipinski definition) is 3. The van der Waals surface area contributed by atoms with Gasteiger partial charge in [-0.1, -0.05) is 43.0 Å². The molecule has 0 saturated heterocycles. The molecule has 18 heavy (non-hydrogen) atoms. The maximum atomic E-state index is 11.6. The van der Waals surface area contributed by atoms with Gasteiger partial charge in [0.1, 0.15) is 0 Å². The Hall–Kier alpha value is -0.174. The van der Waals surface area contributed by atoms with Crippen molar-refractivity contribution in [2.75, 3.05) is 0 Å². The molecular weight excluding hydrogens is 275 g/mol. The third kappa shape index (κ3) is 3.43. The quantitative estimate of drug-likeness (QED) is 0.598. The van der Waals surface area contributed by atoms with E-state index in [9.17, 15) is 8.42 Å². The fourth-order valence-electron chi connectivity index (χ4n) is 1.46. The summed E-state index contributed by atoms with van der Waals surface area (Å²) in [7, 11) is -3.74. The van der Waals surface area contributed by atoms with Crippen LogP contribution < -0.4 is 55.6 Å². The van der Waals surface area contributed by atoms with E-state index in [2.05, 4.69) is 6.58 Å². The van der Waals surface area contributed by atoms with Crippen LogP contribution in [0.3, 0.4) is 0 Å². The smallest absolute Gasteiger partial charge is 1.00 e. The molecule has 0 radical (unpaired) electrons. The van der Waals surface area contributed by atoms with Crippen LogP contribution in [0.5, 0.6) is 5.75 Å². The van der Waals surface area contributed by atoms with Crippen molar-refractivity contribution >= 4 is 20.9 Å². The van der Waals surface area contributed by atoms with E-state index in [1.165, 1.54) is 6.92 Å². The van der Waals surface area contributed by atoms with Crippen LogP contribution in [0.1, 0.15) is 8.35 Å². The van der Waals surface area contributed by atoms with Crippen molar-refractivity contribution in [2.24, 2.45) is 0 Å². The summed E-state index contributed by atoms with van der Waals surface area (Å²) < 4.78 is 28.3. The molecule has 0 aromatic heterocycles. The predicted octanol–water partition coefficient (Wildman–Crippen LogP) is 0.198. The number of rotatable bonds is 3. The summed E-state index contributed by atoms with van der Waals surface area (Å²) in [6, 6.07) is 12.7. The van der Waals surface area contributed by atoms with E-state index in [0.717, 1.165) is 10.8 Å². The first kappa shape index (κ1) is 15.9. The normalized spacial score (nSPS) is 10.7. The number of hydrogen-bond donors (Lipinski definition) is 0. The maximum Gasteiger partial charge on any atom is 1.00 e. The van der Waals surface area contributed by atoms with Gasteiger partial charge in [0.15, 0.2) is 5.75 Å². The number of fused-ring (bicyclic) bond motifs is 1. The molecule has 0 aliphatic carbocycles. The Morgan fingerprint density at radius 1 is 1.17 bits per heavy atom. The van der Waals surface area contributed by atoms with Gasteiger partial charge in [0, 0.05) is 5.39 Å². The zero-order valence-corrected chi connectivity index (χ0v) is 14.3. The Morgan fingerprint density at radius 2 is 1.78 bits per heavy atom. The summed E-state index contributed by atoms with van der Waals surface area (Å²) in [4.78, 5) is -0.00886. The molecule has 0 amide bonds. The largest absolute Gasteiger partial charge is 1.00 e. The second-order valence-corrected chi connectivity index (χ2v) is 5.49. The van der Waals surface area contributed by atoms with E-state index >= 15 is 0 Å². The van der Waals surface area contributed by atoms with Crippen LogP contribution in [0.2, 0.25) is 0 Å². The van der Waals surface area contributed by atoms with E-state index in [1.807, 2.05) is 30.3 Å². The molecule has 0 spiro atoms. The van der Waals surface area contributed by atoms with Gasteiger partial charge in [0.2, 0.25) is 0 Å². The third-order valence-corrected chi connectivity index (χ3v) is 3.63. The Bertz CT molecular complexity index is 678. The summed E-state index contributed by atoms with van der Waals surface area (Å²) in [5.74, 6) is 0.325. The first-order valence-corrected chi connectivity index (χ1v) is 6.49. The summed E-state index contributed by atoms with van der Waals surface area (Å²) in [6.45, 7) is 4.79. The van der Waals surface area contributed by atoms with Crippen LogP contribution in [0.4, 0.5) is 0 Å². The molecule has 0 saturated carbocycles. The Labute approximate surface area is 151 Å². The molecule has 90 valence electrons. The Morgan fingerprint density at radius 3 is 2.44 bits per heavy atom. The fourth-order valence-corrected chi connectivity index (χ4v) is 1.98. The molecule has 2 aromatic rings. The molecule has 0 aliphatic rings. The Kier molecular flexibility index (Phi) is 5.58. The molecule has 2 aromatic carbocycles.